The van der Waals surface area contributed by atoms with Crippen LogP contribution in [0, 0.1) is 12.8 Å². The Bertz CT molecular complexity index is 3950. The Kier molecular flexibility index (Phi) is 16.9. The van der Waals surface area contributed by atoms with Gasteiger partial charge in [-0.15, -0.1) is 68.0 Å². The van der Waals surface area contributed by atoms with Gasteiger partial charge in [0.05, 0.1) is 30.3 Å². The average Bonchev–Trinajstić information content (AvgIpc) is 4.55. The number of hydrogen-bond acceptors (Lipinski definition) is 23. The molecule has 430 valence electrons. The largest absolute Gasteiger partial charge is 0.492 e. The highest BCUT2D eigenvalue weighted by molar-refractivity contribution is 7.15. The summed E-state index contributed by atoms with van der Waals surface area (Å²) in [5.74, 6) is -4.07. The maximum Gasteiger partial charge on any atom is 0.271 e. The molecule has 10 bridgehead atoms. The lowest BCUT2D eigenvalue weighted by molar-refractivity contribution is -0.134. The van der Waals surface area contributed by atoms with Crippen LogP contribution in [0.5, 0.6) is 5.75 Å². The van der Waals surface area contributed by atoms with E-state index in [-0.39, 0.29) is 45.8 Å². The van der Waals surface area contributed by atoms with Crippen LogP contribution in [0.4, 0.5) is 0 Å². The molecular formula is C55H50N14O9S6. The number of ether oxygens (including phenoxy) is 1. The third-order valence-electron chi connectivity index (χ3n) is 13.8. The molecule has 1 saturated heterocycles. The number of aliphatic hydroxyl groups is 2. The predicted octanol–water partition coefficient (Wildman–Crippen LogP) is 6.02. The summed E-state index contributed by atoms with van der Waals surface area (Å²) < 4.78 is 5.70. The monoisotopic (exact) mass is 1240 g/mol. The number of pyridine rings is 1. The highest BCUT2D eigenvalue weighted by Gasteiger charge is 2.45. The van der Waals surface area contributed by atoms with E-state index < -0.39 is 84.2 Å². The zero-order valence-corrected chi connectivity index (χ0v) is 49.2. The van der Waals surface area contributed by atoms with Crippen molar-refractivity contribution in [2.45, 2.75) is 63.1 Å². The molecule has 0 saturated carbocycles. The molecule has 6 amide bonds. The molecule has 29 heteroatoms. The van der Waals surface area contributed by atoms with Gasteiger partial charge in [-0.05, 0) is 42.3 Å². The number of amides is 6. The number of carbonyl (C=O) groups excluding carboxylic acids is 6. The number of fused-ring (bicyclic) bond motifs is 16. The van der Waals surface area contributed by atoms with Crippen LogP contribution in [-0.4, -0.2) is 117 Å². The number of benzene rings is 2. The van der Waals surface area contributed by atoms with E-state index in [4.69, 9.17) is 41.9 Å². The number of hydrogen-bond donors (Lipinski definition) is 8. The number of aliphatic hydroxyl groups excluding tert-OH is 2. The number of primary amides is 2. The molecule has 84 heavy (non-hydrogen) atoms. The van der Waals surface area contributed by atoms with Crippen molar-refractivity contribution in [2.24, 2.45) is 23.1 Å². The van der Waals surface area contributed by atoms with Gasteiger partial charge in [-0.1, -0.05) is 49.4 Å². The van der Waals surface area contributed by atoms with E-state index >= 15 is 4.79 Å². The zero-order chi connectivity index (χ0) is 58.9. The minimum Gasteiger partial charge on any atom is -0.492 e. The topological polar surface area (TPSA) is 360 Å². The van der Waals surface area contributed by atoms with Crippen LogP contribution >= 0.6 is 68.0 Å². The standard InChI is InChI=1S/C55H50N14O9S6/c1-24-38(70)18-69-43(24)54-66-37(23-83-54)51-62-33(19-80-51)41-29(12-13-30(59-41)50-63-34(20-81-50)45(58)73)49-64-35(21-79-49)46(74)60-31(17-39(57)71)52-68-40(25(2)84-52)48(76)67-42(44(72)27-6-4-3-5-7-27)53-65-36(22-82-53)47(75)61-32(55(69)77)16-26-8-10-28(11-9-26)78-15-14-56/h3-13,19-24,31-32,38,42-44,70,72H,14-18,56H2,1-2H3,(H2,57,71)(H2,58,73)(H,60,74)(H,61,75)(H,67,76)/t24-,31-,32-,38-,42-,43+,44+/m0/s1. The SMILES string of the molecule is Cc1sc2nc1C(=O)N[C@@H]([C@H](O)c1ccccc1)c1nc(cs1)C(=O)N[C@@H](Cc1ccc(OCCN)cc1)C(=O)N1C[C@H](O)[C@H](C)[C@@H]1c1nc(cs1)-c1nc(cs1)-c1nc(-c3nc(C(N)=O)cs3)ccc1-c1nc(cs1)C(=O)N[C@H]2CC(N)=O. The summed E-state index contributed by atoms with van der Waals surface area (Å²) in [6.45, 7) is 3.99. The summed E-state index contributed by atoms with van der Waals surface area (Å²) in [6, 6.07) is 14.7. The van der Waals surface area contributed by atoms with E-state index in [1.165, 1.54) is 49.7 Å². The molecule has 11 N–H and O–H groups in total. The first-order valence-corrected chi connectivity index (χ1v) is 31.1. The second-order valence-electron chi connectivity index (χ2n) is 19.5. The molecule has 2 aliphatic heterocycles. The van der Waals surface area contributed by atoms with Gasteiger partial charge in [0.1, 0.15) is 100 Å². The smallest absolute Gasteiger partial charge is 0.271 e. The van der Waals surface area contributed by atoms with Gasteiger partial charge >= 0.3 is 0 Å². The number of thiazole rings is 6. The normalized spacial score (nSPS) is 19.7. The van der Waals surface area contributed by atoms with Crippen LogP contribution in [0.25, 0.3) is 43.4 Å². The highest BCUT2D eigenvalue weighted by atomic mass is 32.1. The van der Waals surface area contributed by atoms with E-state index in [0.717, 1.165) is 34.0 Å². The number of rotatable bonds is 11. The van der Waals surface area contributed by atoms with Gasteiger partial charge in [0, 0.05) is 62.8 Å². The Balaban J connectivity index is 1.01. The van der Waals surface area contributed by atoms with Gasteiger partial charge in [0.25, 0.3) is 23.6 Å². The lowest BCUT2D eigenvalue weighted by atomic mass is 10.00. The molecule has 7 atom stereocenters. The van der Waals surface area contributed by atoms with E-state index in [9.17, 15) is 34.2 Å². The number of aromatic nitrogens is 7. The summed E-state index contributed by atoms with van der Waals surface area (Å²) in [7, 11) is 0. The maximum absolute atomic E-state index is 15.3. The van der Waals surface area contributed by atoms with Gasteiger partial charge in [0.15, 0.2) is 0 Å². The third kappa shape index (κ3) is 12.1. The van der Waals surface area contributed by atoms with Crippen LogP contribution in [0.1, 0.15) is 111 Å². The van der Waals surface area contributed by atoms with Crippen molar-refractivity contribution in [3.63, 3.8) is 0 Å². The minimum absolute atomic E-state index is 0.0101. The summed E-state index contributed by atoms with van der Waals surface area (Å²) in [5.41, 5.74) is 20.0. The molecule has 0 unspecified atom stereocenters. The first kappa shape index (κ1) is 57.7. The fourth-order valence-corrected chi connectivity index (χ4v) is 14.9. The number of nitrogens with one attached hydrogen (secondary N) is 3. The second kappa shape index (κ2) is 24.6. The van der Waals surface area contributed by atoms with Crippen LogP contribution in [0.3, 0.4) is 0 Å². The Labute approximate surface area is 502 Å². The Hall–Kier alpha value is -8.13. The molecule has 2 aliphatic rings. The molecule has 23 nitrogen and oxygen atoms in total. The number of aryl methyl sites for hydroxylation is 1. The first-order chi connectivity index (χ1) is 40.5. The zero-order valence-electron chi connectivity index (χ0n) is 44.3. The van der Waals surface area contributed by atoms with E-state index in [1.54, 1.807) is 84.4 Å². The van der Waals surface area contributed by atoms with E-state index in [0.29, 0.717) is 83.3 Å². The summed E-state index contributed by atoms with van der Waals surface area (Å²) in [5, 5.41) is 42.4. The van der Waals surface area contributed by atoms with Gasteiger partial charge in [-0.3, -0.25) is 28.8 Å². The van der Waals surface area contributed by atoms with Crippen molar-refractivity contribution in [3.05, 3.63) is 147 Å². The lowest BCUT2D eigenvalue weighted by Gasteiger charge is -2.29. The number of nitrogens with two attached hydrogens (primary N) is 3. The Morgan fingerprint density at radius 1 is 0.690 bits per heavy atom. The molecule has 0 radical (unpaired) electrons. The van der Waals surface area contributed by atoms with Crippen molar-refractivity contribution < 1.29 is 43.7 Å². The van der Waals surface area contributed by atoms with E-state index in [2.05, 4.69) is 30.9 Å². The van der Waals surface area contributed by atoms with Crippen LogP contribution in [0.2, 0.25) is 0 Å². The molecule has 0 aliphatic carbocycles. The summed E-state index contributed by atoms with van der Waals surface area (Å²) >= 11 is 6.93. The number of carbonyl (C=O) groups is 6. The average molecular weight is 1240 g/mol. The van der Waals surface area contributed by atoms with Crippen molar-refractivity contribution in [3.8, 4) is 49.1 Å². The summed E-state index contributed by atoms with van der Waals surface area (Å²) in [6.07, 6.45) is -2.75. The molecule has 0 spiro atoms. The Morgan fingerprint density at radius 3 is 2.08 bits per heavy atom. The van der Waals surface area contributed by atoms with Crippen LogP contribution in [-0.2, 0) is 16.0 Å². The Morgan fingerprint density at radius 2 is 1.35 bits per heavy atom. The fourth-order valence-electron chi connectivity index (χ4n) is 9.57. The summed E-state index contributed by atoms with van der Waals surface area (Å²) in [4.78, 5) is 119. The van der Waals surface area contributed by atoms with Crippen LogP contribution < -0.4 is 37.9 Å². The van der Waals surface area contributed by atoms with E-state index in [1.807, 2.05) is 12.3 Å². The van der Waals surface area contributed by atoms with Crippen LogP contribution in [0.15, 0.2) is 93.6 Å². The van der Waals surface area contributed by atoms with Gasteiger partial charge in [-0.2, -0.15) is 0 Å². The third-order valence-corrected chi connectivity index (χ3v) is 19.4. The highest BCUT2D eigenvalue weighted by Crippen LogP contribution is 2.43. The quantitative estimate of drug-likeness (QED) is 0.0734. The molecule has 2 aromatic carbocycles. The van der Waals surface area contributed by atoms with Crippen molar-refractivity contribution in [1.29, 1.82) is 0 Å². The van der Waals surface area contributed by atoms with Crippen molar-refractivity contribution in [1.82, 2.24) is 55.7 Å². The second-order valence-corrected chi connectivity index (χ2v) is 25.1. The molecule has 7 aromatic heterocycles. The van der Waals surface area contributed by atoms with Crippen molar-refractivity contribution >= 4 is 103 Å². The molecular weight excluding hydrogens is 1190 g/mol. The molecule has 9 aromatic rings. The first-order valence-electron chi connectivity index (χ1n) is 25.9. The fraction of sp³-hybridized carbons (Fsp3) is 0.255. The maximum atomic E-state index is 15.3. The molecule has 11 rings (SSSR count). The predicted molar refractivity (Wildman–Crippen MR) is 317 cm³/mol. The lowest BCUT2D eigenvalue weighted by Crippen LogP contribution is -2.50. The van der Waals surface area contributed by atoms with Gasteiger partial charge in [-0.25, -0.2) is 34.9 Å². The number of nitrogens with zero attached hydrogens (tertiary/aromatic N) is 8. The molecule has 1 fully saturated rings. The molecule has 9 heterocycles. The van der Waals surface area contributed by atoms with Gasteiger partial charge in [0.2, 0.25) is 11.8 Å². The van der Waals surface area contributed by atoms with Crippen molar-refractivity contribution in [2.75, 3.05) is 19.7 Å². The minimum atomic E-state index is -1.40. The van der Waals surface area contributed by atoms with Gasteiger partial charge < -0.3 is 53.0 Å².